The highest BCUT2D eigenvalue weighted by Gasteiger charge is 2.35. The number of aryl methyl sites for hydroxylation is 2. The predicted molar refractivity (Wildman–Crippen MR) is 144 cm³/mol. The molecule has 0 unspecified atom stereocenters. The van der Waals surface area contributed by atoms with Crippen LogP contribution >= 0.6 is 0 Å². The summed E-state index contributed by atoms with van der Waals surface area (Å²) in [5.74, 6) is 0.800. The molecule has 1 amide bonds. The Bertz CT molecular complexity index is 1470. The van der Waals surface area contributed by atoms with Crippen LogP contribution in [0.3, 0.4) is 0 Å². The van der Waals surface area contributed by atoms with Crippen molar-refractivity contribution in [2.45, 2.75) is 46.1 Å². The Balaban J connectivity index is 1.36. The smallest absolute Gasteiger partial charge is 0.410 e. The molecule has 0 aliphatic carbocycles. The molecule has 0 bridgehead atoms. The van der Waals surface area contributed by atoms with Gasteiger partial charge in [0.15, 0.2) is 6.79 Å². The Morgan fingerprint density at radius 1 is 1.00 bits per heavy atom. The molecule has 1 saturated heterocycles. The summed E-state index contributed by atoms with van der Waals surface area (Å²) < 4.78 is 18.5. The fraction of sp³-hybridized carbons (Fsp3) is 0.379. The van der Waals surface area contributed by atoms with Gasteiger partial charge in [-0.15, -0.1) is 0 Å². The first kappa shape index (κ1) is 25.7. The minimum atomic E-state index is -0.508. The number of hydrogen-bond donors (Lipinski definition) is 0. The number of pyridine rings is 1. The number of nitrogens with zero attached hydrogens (tertiary/aromatic N) is 5. The van der Waals surface area contributed by atoms with E-state index in [1.807, 2.05) is 63.4 Å². The largest absolute Gasteiger partial charge is 0.467 e. The number of rotatable bonds is 6. The molecule has 5 rings (SSSR count). The second kappa shape index (κ2) is 10.1. The number of methoxy groups -OCH3 is 1. The molecule has 0 atom stereocenters. The van der Waals surface area contributed by atoms with Crippen molar-refractivity contribution in [3.05, 3.63) is 65.6 Å². The molecule has 0 spiro atoms. The Labute approximate surface area is 222 Å². The average molecular weight is 516 g/mol. The molecular weight excluding hydrogens is 482 g/mol. The van der Waals surface area contributed by atoms with E-state index in [1.165, 1.54) is 0 Å². The van der Waals surface area contributed by atoms with E-state index >= 15 is 0 Å². The van der Waals surface area contributed by atoms with Gasteiger partial charge in [0.2, 0.25) is 0 Å². The predicted octanol–water partition coefficient (Wildman–Crippen LogP) is 5.39. The molecule has 1 aromatic carbocycles. The highest BCUT2D eigenvalue weighted by atomic mass is 16.7. The van der Waals surface area contributed by atoms with Crippen molar-refractivity contribution in [2.75, 3.05) is 27.0 Å². The highest BCUT2D eigenvalue weighted by molar-refractivity contribution is 5.76. The van der Waals surface area contributed by atoms with Gasteiger partial charge in [0.05, 0.1) is 22.6 Å². The zero-order valence-corrected chi connectivity index (χ0v) is 22.7. The molecule has 4 heterocycles. The third-order valence-corrected chi connectivity index (χ3v) is 6.42. The summed E-state index contributed by atoms with van der Waals surface area (Å²) >= 11 is 0. The van der Waals surface area contributed by atoms with Gasteiger partial charge in [-0.05, 0) is 88.2 Å². The van der Waals surface area contributed by atoms with Gasteiger partial charge in [-0.1, -0.05) is 6.07 Å². The van der Waals surface area contributed by atoms with Crippen molar-refractivity contribution in [3.8, 4) is 28.1 Å². The monoisotopic (exact) mass is 515 g/mol. The minimum absolute atomic E-state index is 0.115. The van der Waals surface area contributed by atoms with Gasteiger partial charge >= 0.3 is 6.09 Å². The summed E-state index contributed by atoms with van der Waals surface area (Å²) in [7, 11) is 1.59. The van der Waals surface area contributed by atoms with Crippen molar-refractivity contribution < 1.29 is 19.0 Å². The Kier molecular flexibility index (Phi) is 6.79. The number of fused-ring (bicyclic) bond motifs is 1. The molecule has 3 aromatic heterocycles. The van der Waals surface area contributed by atoms with Crippen LogP contribution in [0.4, 0.5) is 4.79 Å². The highest BCUT2D eigenvalue weighted by Crippen LogP contribution is 2.35. The molecule has 38 heavy (non-hydrogen) atoms. The van der Waals surface area contributed by atoms with E-state index in [4.69, 9.17) is 14.2 Å². The van der Waals surface area contributed by atoms with Crippen LogP contribution in [0, 0.1) is 13.8 Å². The second-order valence-corrected chi connectivity index (χ2v) is 10.7. The molecule has 1 aliphatic rings. The second-order valence-electron chi connectivity index (χ2n) is 10.7. The fourth-order valence-electron chi connectivity index (χ4n) is 4.56. The number of carbonyl (C=O) groups is 1. The Morgan fingerprint density at radius 3 is 2.47 bits per heavy atom. The van der Waals surface area contributed by atoms with Crippen LogP contribution in [0.1, 0.15) is 43.8 Å². The van der Waals surface area contributed by atoms with E-state index in [-0.39, 0.29) is 18.8 Å². The molecule has 198 valence electrons. The van der Waals surface area contributed by atoms with E-state index in [1.54, 1.807) is 12.0 Å². The molecule has 4 aromatic rings. The summed E-state index contributed by atoms with van der Waals surface area (Å²) in [5.41, 5.74) is 7.04. The summed E-state index contributed by atoms with van der Waals surface area (Å²) in [6.07, 6.45) is -0.295. The fourth-order valence-corrected chi connectivity index (χ4v) is 4.56. The van der Waals surface area contributed by atoms with Crippen LogP contribution in [-0.2, 0) is 9.47 Å². The molecule has 0 N–H and O–H groups in total. The van der Waals surface area contributed by atoms with E-state index in [2.05, 4.69) is 39.6 Å². The van der Waals surface area contributed by atoms with Gasteiger partial charge in [0.1, 0.15) is 11.4 Å². The quantitative estimate of drug-likeness (QED) is 0.318. The number of aromatic nitrogens is 4. The normalized spacial score (nSPS) is 14.0. The number of likely N-dealkylation sites (tertiary alicyclic amines) is 1. The average Bonchev–Trinajstić information content (AvgIpc) is 3.22. The third kappa shape index (κ3) is 5.33. The maximum absolute atomic E-state index is 12.2. The van der Waals surface area contributed by atoms with Gasteiger partial charge in [-0.3, -0.25) is 0 Å². The Morgan fingerprint density at radius 2 is 1.79 bits per heavy atom. The lowest BCUT2D eigenvalue weighted by Crippen LogP contribution is -2.50. The maximum Gasteiger partial charge on any atom is 0.410 e. The lowest BCUT2D eigenvalue weighted by molar-refractivity contribution is 0.00780. The molecule has 1 aliphatic heterocycles. The van der Waals surface area contributed by atoms with Gasteiger partial charge in [0.25, 0.3) is 0 Å². The van der Waals surface area contributed by atoms with E-state index in [9.17, 15) is 4.79 Å². The van der Waals surface area contributed by atoms with Gasteiger partial charge in [-0.2, -0.15) is 15.3 Å². The number of benzene rings is 1. The summed E-state index contributed by atoms with van der Waals surface area (Å²) in [5, 5.41) is 13.5. The number of hydrogen-bond acceptors (Lipinski definition) is 7. The zero-order chi connectivity index (χ0) is 27.0. The van der Waals surface area contributed by atoms with E-state index in [0.29, 0.717) is 24.5 Å². The van der Waals surface area contributed by atoms with Crippen LogP contribution in [0.5, 0.6) is 5.75 Å². The summed E-state index contributed by atoms with van der Waals surface area (Å²) in [4.78, 5) is 13.9. The molecular formula is C29H33N5O4. The lowest BCUT2D eigenvalue weighted by atomic mass is 9.96. The van der Waals surface area contributed by atoms with Crippen molar-refractivity contribution in [3.63, 3.8) is 0 Å². The van der Waals surface area contributed by atoms with E-state index < -0.39 is 5.60 Å². The van der Waals surface area contributed by atoms with Crippen molar-refractivity contribution in [1.82, 2.24) is 24.7 Å². The van der Waals surface area contributed by atoms with Gasteiger partial charge in [-0.25, -0.2) is 9.31 Å². The molecule has 1 fully saturated rings. The molecule has 0 saturated carbocycles. The van der Waals surface area contributed by atoms with Gasteiger partial charge in [0, 0.05) is 37.4 Å². The molecule has 0 radical (unpaired) electrons. The maximum atomic E-state index is 12.2. The van der Waals surface area contributed by atoms with Crippen LogP contribution in [0.2, 0.25) is 0 Å². The minimum Gasteiger partial charge on any atom is -0.467 e. The number of carbonyl (C=O) groups excluding carboxylic acids is 1. The number of amides is 1. The van der Waals surface area contributed by atoms with Crippen LogP contribution in [0.15, 0.2) is 48.5 Å². The first-order valence-corrected chi connectivity index (χ1v) is 12.7. The zero-order valence-electron chi connectivity index (χ0n) is 22.7. The van der Waals surface area contributed by atoms with Crippen LogP contribution in [0.25, 0.3) is 27.9 Å². The topological polar surface area (TPSA) is 91.1 Å². The standard InChI is InChI=1S/C29H33N5O4/c1-18-11-23-13-21(12-19(2)34(23)32-18)20-7-8-24(27(14-20)37-17-36-6)26-10-9-25(30-31-26)22-15-33(16-22)28(35)38-29(3,4)5/h7-14,22H,15-17H2,1-6H3. The van der Waals surface area contributed by atoms with Crippen LogP contribution in [-0.4, -0.2) is 63.4 Å². The van der Waals surface area contributed by atoms with Crippen molar-refractivity contribution in [2.24, 2.45) is 0 Å². The summed E-state index contributed by atoms with van der Waals surface area (Å²) in [6, 6.07) is 16.3. The summed E-state index contributed by atoms with van der Waals surface area (Å²) in [6.45, 7) is 10.9. The lowest BCUT2D eigenvalue weighted by Gasteiger charge is -2.39. The molecule has 9 nitrogen and oxygen atoms in total. The molecule has 9 heteroatoms. The van der Waals surface area contributed by atoms with Crippen molar-refractivity contribution >= 4 is 11.6 Å². The van der Waals surface area contributed by atoms with Crippen molar-refractivity contribution in [1.29, 1.82) is 0 Å². The Hall–Kier alpha value is -3.98. The first-order chi connectivity index (χ1) is 18.1. The van der Waals surface area contributed by atoms with E-state index in [0.717, 1.165) is 39.3 Å². The van der Waals surface area contributed by atoms with Crippen LogP contribution < -0.4 is 4.74 Å². The number of ether oxygens (including phenoxy) is 3. The first-order valence-electron chi connectivity index (χ1n) is 12.7. The van der Waals surface area contributed by atoms with Gasteiger partial charge < -0.3 is 19.1 Å². The third-order valence-electron chi connectivity index (χ3n) is 6.42. The SMILES string of the molecule is COCOc1cc(-c2cc(C)n3nc(C)cc3c2)ccc1-c1ccc(C2CN(C(=O)OC(C)(C)C)C2)nn1.